The summed E-state index contributed by atoms with van der Waals surface area (Å²) in [6, 6.07) is 7.00. The van der Waals surface area contributed by atoms with Gasteiger partial charge in [-0.05, 0) is 55.4 Å². The maximum absolute atomic E-state index is 5.41. The minimum Gasteiger partial charge on any atom is -0.493 e. The van der Waals surface area contributed by atoms with Gasteiger partial charge in [0, 0.05) is 18.8 Å². The van der Waals surface area contributed by atoms with Gasteiger partial charge in [-0.25, -0.2) is 0 Å². The summed E-state index contributed by atoms with van der Waals surface area (Å²) in [6.45, 7) is 1.21. The Morgan fingerprint density at radius 3 is 2.70 bits per heavy atom. The van der Waals surface area contributed by atoms with Crippen molar-refractivity contribution in [2.45, 2.75) is 38.1 Å². The molecule has 1 aromatic rings. The van der Waals surface area contributed by atoms with Gasteiger partial charge in [0.2, 0.25) is 0 Å². The summed E-state index contributed by atoms with van der Waals surface area (Å²) in [7, 11) is 3.37. The van der Waals surface area contributed by atoms with E-state index in [-0.39, 0.29) is 0 Å². The van der Waals surface area contributed by atoms with E-state index in [1.165, 1.54) is 43.4 Å². The molecule has 0 aliphatic carbocycles. The number of ether oxygens (including phenoxy) is 2. The number of hydrogen-bond acceptors (Lipinski definition) is 3. The number of hydrogen-bond donors (Lipinski definition) is 0. The molecule has 108 valence electrons. The van der Waals surface area contributed by atoms with E-state index in [1.54, 1.807) is 14.2 Å². The standard InChI is InChI=1S/C17H23NO2/c1-19-16-9-7-13(11-17(16)20-2)14-6-8-15-5-3-4-10-18(15)12-14/h7,9,11-12,15H,3-6,8,10H2,1-2H3/t15-/m0/s1. The number of nitrogens with zero attached hydrogens (tertiary/aromatic N) is 1. The molecule has 3 heteroatoms. The SMILES string of the molecule is COc1ccc(C2=CN3CCCC[C@H]3CC2)cc1OC. The lowest BCUT2D eigenvalue weighted by Crippen LogP contribution is -2.37. The van der Waals surface area contributed by atoms with Gasteiger partial charge < -0.3 is 14.4 Å². The second kappa shape index (κ2) is 5.78. The average molecular weight is 273 g/mol. The van der Waals surface area contributed by atoms with Crippen molar-refractivity contribution in [3.8, 4) is 11.5 Å². The van der Waals surface area contributed by atoms with E-state index in [2.05, 4.69) is 23.2 Å². The average Bonchev–Trinajstić information content (AvgIpc) is 2.53. The maximum Gasteiger partial charge on any atom is 0.161 e. The van der Waals surface area contributed by atoms with Crippen molar-refractivity contribution in [1.29, 1.82) is 0 Å². The summed E-state index contributed by atoms with van der Waals surface area (Å²) in [4.78, 5) is 2.54. The highest BCUT2D eigenvalue weighted by molar-refractivity contribution is 5.68. The molecule has 0 amide bonds. The summed E-state index contributed by atoms with van der Waals surface area (Å²) in [5, 5.41) is 0. The van der Waals surface area contributed by atoms with Crippen LogP contribution in [0.3, 0.4) is 0 Å². The molecule has 2 aliphatic rings. The number of rotatable bonds is 3. The molecule has 1 atom stereocenters. The van der Waals surface area contributed by atoms with Gasteiger partial charge in [-0.15, -0.1) is 0 Å². The molecule has 20 heavy (non-hydrogen) atoms. The Morgan fingerprint density at radius 2 is 1.90 bits per heavy atom. The van der Waals surface area contributed by atoms with E-state index >= 15 is 0 Å². The Balaban J connectivity index is 1.87. The Bertz CT molecular complexity index is 510. The first kappa shape index (κ1) is 13.3. The predicted octanol–water partition coefficient (Wildman–Crippen LogP) is 3.69. The lowest BCUT2D eigenvalue weighted by atomic mass is 9.90. The number of benzene rings is 1. The molecule has 0 bridgehead atoms. The van der Waals surface area contributed by atoms with Gasteiger partial charge in [-0.3, -0.25) is 0 Å². The van der Waals surface area contributed by atoms with Crippen LogP contribution in [0.2, 0.25) is 0 Å². The van der Waals surface area contributed by atoms with Crippen LogP contribution in [0.5, 0.6) is 11.5 Å². The molecule has 0 saturated carbocycles. The van der Waals surface area contributed by atoms with E-state index in [9.17, 15) is 0 Å². The van der Waals surface area contributed by atoms with Crippen molar-refractivity contribution in [1.82, 2.24) is 4.90 Å². The van der Waals surface area contributed by atoms with Crippen LogP contribution in [0.15, 0.2) is 24.4 Å². The van der Waals surface area contributed by atoms with Crippen LogP contribution >= 0.6 is 0 Å². The van der Waals surface area contributed by atoms with Crippen LogP contribution < -0.4 is 9.47 Å². The third-order valence-electron chi connectivity index (χ3n) is 4.50. The zero-order chi connectivity index (χ0) is 13.9. The zero-order valence-corrected chi connectivity index (χ0v) is 12.4. The summed E-state index contributed by atoms with van der Waals surface area (Å²) in [5.74, 6) is 1.61. The Morgan fingerprint density at radius 1 is 1.05 bits per heavy atom. The van der Waals surface area contributed by atoms with Crippen LogP contribution in [0.1, 0.15) is 37.7 Å². The van der Waals surface area contributed by atoms with Crippen molar-refractivity contribution in [3.05, 3.63) is 30.0 Å². The smallest absolute Gasteiger partial charge is 0.161 e. The molecule has 0 unspecified atom stereocenters. The molecule has 1 fully saturated rings. The van der Waals surface area contributed by atoms with Crippen LogP contribution in [0.4, 0.5) is 0 Å². The van der Waals surface area contributed by atoms with E-state index < -0.39 is 0 Å². The highest BCUT2D eigenvalue weighted by atomic mass is 16.5. The maximum atomic E-state index is 5.41. The number of fused-ring (bicyclic) bond motifs is 1. The van der Waals surface area contributed by atoms with Crippen LogP contribution in [0, 0.1) is 0 Å². The van der Waals surface area contributed by atoms with E-state index in [1.807, 2.05) is 6.07 Å². The number of allylic oxidation sites excluding steroid dienone is 1. The lowest BCUT2D eigenvalue weighted by Gasteiger charge is -2.39. The molecule has 0 N–H and O–H groups in total. The molecule has 3 rings (SSSR count). The fourth-order valence-corrected chi connectivity index (χ4v) is 3.34. The highest BCUT2D eigenvalue weighted by Gasteiger charge is 2.24. The third-order valence-corrected chi connectivity index (χ3v) is 4.50. The molecule has 0 radical (unpaired) electrons. The number of piperidine rings is 1. The molecular formula is C17H23NO2. The van der Waals surface area contributed by atoms with Crippen molar-refractivity contribution in [2.24, 2.45) is 0 Å². The molecule has 3 nitrogen and oxygen atoms in total. The fourth-order valence-electron chi connectivity index (χ4n) is 3.34. The zero-order valence-electron chi connectivity index (χ0n) is 12.4. The van der Waals surface area contributed by atoms with Crippen molar-refractivity contribution in [3.63, 3.8) is 0 Å². The largest absolute Gasteiger partial charge is 0.493 e. The summed E-state index contributed by atoms with van der Waals surface area (Å²) in [6.07, 6.45) is 8.88. The Kier molecular flexibility index (Phi) is 3.86. The van der Waals surface area contributed by atoms with Crippen LogP contribution in [-0.4, -0.2) is 31.7 Å². The van der Waals surface area contributed by atoms with Gasteiger partial charge >= 0.3 is 0 Å². The quantitative estimate of drug-likeness (QED) is 0.838. The second-order valence-electron chi connectivity index (χ2n) is 5.65. The molecule has 2 aliphatic heterocycles. The monoisotopic (exact) mass is 273 g/mol. The summed E-state index contributed by atoms with van der Waals surface area (Å²) >= 11 is 0. The molecule has 0 aromatic heterocycles. The normalized spacial score (nSPS) is 22.0. The predicted molar refractivity (Wildman–Crippen MR) is 81.1 cm³/mol. The van der Waals surface area contributed by atoms with Crippen molar-refractivity contribution >= 4 is 5.57 Å². The molecule has 2 heterocycles. The molecule has 0 spiro atoms. The van der Waals surface area contributed by atoms with Crippen LogP contribution in [0.25, 0.3) is 5.57 Å². The molecule has 1 aromatic carbocycles. The highest BCUT2D eigenvalue weighted by Crippen LogP contribution is 2.36. The minimum atomic E-state index is 0.771. The van der Waals surface area contributed by atoms with Crippen LogP contribution in [-0.2, 0) is 0 Å². The summed E-state index contributed by atoms with van der Waals surface area (Å²) in [5.41, 5.74) is 2.68. The van der Waals surface area contributed by atoms with E-state index in [0.717, 1.165) is 24.0 Å². The van der Waals surface area contributed by atoms with Gasteiger partial charge in [0.05, 0.1) is 14.2 Å². The lowest BCUT2D eigenvalue weighted by molar-refractivity contribution is 0.196. The first-order valence-electron chi connectivity index (χ1n) is 7.50. The van der Waals surface area contributed by atoms with Gasteiger partial charge in [-0.2, -0.15) is 0 Å². The Hall–Kier alpha value is -1.64. The van der Waals surface area contributed by atoms with E-state index in [4.69, 9.17) is 9.47 Å². The van der Waals surface area contributed by atoms with Gasteiger partial charge in [0.15, 0.2) is 11.5 Å². The first-order chi connectivity index (χ1) is 9.81. The molecular weight excluding hydrogens is 250 g/mol. The van der Waals surface area contributed by atoms with Crippen molar-refractivity contribution in [2.75, 3.05) is 20.8 Å². The van der Waals surface area contributed by atoms with E-state index in [0.29, 0.717) is 0 Å². The van der Waals surface area contributed by atoms with Gasteiger partial charge in [0.1, 0.15) is 0 Å². The van der Waals surface area contributed by atoms with Crippen molar-refractivity contribution < 1.29 is 9.47 Å². The van der Waals surface area contributed by atoms with Gasteiger partial charge in [0.25, 0.3) is 0 Å². The molecule has 1 saturated heterocycles. The van der Waals surface area contributed by atoms with Gasteiger partial charge in [-0.1, -0.05) is 6.07 Å². The third kappa shape index (κ3) is 2.49. The number of methoxy groups -OCH3 is 2. The fraction of sp³-hybridized carbons (Fsp3) is 0.529. The Labute approximate surface area is 121 Å². The summed E-state index contributed by atoms with van der Waals surface area (Å²) < 4.78 is 10.7. The topological polar surface area (TPSA) is 21.7 Å². The first-order valence-corrected chi connectivity index (χ1v) is 7.50. The minimum absolute atomic E-state index is 0.771. The second-order valence-corrected chi connectivity index (χ2v) is 5.65.